The fraction of sp³-hybridized carbons (Fsp3) is 0.188. The molecule has 0 amide bonds. The van der Waals surface area contributed by atoms with E-state index in [2.05, 4.69) is 6.07 Å². The van der Waals surface area contributed by atoms with Crippen molar-refractivity contribution in [2.24, 2.45) is 0 Å². The van der Waals surface area contributed by atoms with Crippen molar-refractivity contribution in [1.82, 2.24) is 4.90 Å². The second kappa shape index (κ2) is 6.27. The van der Waals surface area contributed by atoms with Crippen LogP contribution in [0, 0.1) is 23.0 Å². The van der Waals surface area contributed by atoms with Gasteiger partial charge in [0.25, 0.3) is 0 Å². The predicted octanol–water partition coefficient (Wildman–Crippen LogP) is 3.47. The highest BCUT2D eigenvalue weighted by molar-refractivity contribution is 5.37. The fourth-order valence-corrected chi connectivity index (χ4v) is 2.05. The summed E-state index contributed by atoms with van der Waals surface area (Å²) in [6, 6.07) is 13.0. The van der Waals surface area contributed by atoms with Crippen molar-refractivity contribution < 1.29 is 8.78 Å². The molecule has 4 heteroatoms. The van der Waals surface area contributed by atoms with Crippen LogP contribution in [0.25, 0.3) is 0 Å². The molecule has 0 spiro atoms. The van der Waals surface area contributed by atoms with E-state index in [1.807, 2.05) is 30.1 Å². The van der Waals surface area contributed by atoms with Crippen LogP contribution in [-0.2, 0) is 13.1 Å². The first-order valence-corrected chi connectivity index (χ1v) is 6.20. The van der Waals surface area contributed by atoms with Gasteiger partial charge in [0.2, 0.25) is 0 Å². The van der Waals surface area contributed by atoms with Gasteiger partial charge in [0.1, 0.15) is 11.6 Å². The molecule has 0 aliphatic rings. The highest BCUT2D eigenvalue weighted by Crippen LogP contribution is 2.15. The maximum absolute atomic E-state index is 13.6. The standard InChI is InChI=1S/C16H14F2N2/c1-20(10-13-5-3-2-4-12(13)9-19)11-14-6-7-15(17)8-16(14)18/h2-8H,10-11H2,1H3. The van der Waals surface area contributed by atoms with Gasteiger partial charge >= 0.3 is 0 Å². The molecular formula is C16H14F2N2. The van der Waals surface area contributed by atoms with Gasteiger partial charge in [-0.3, -0.25) is 4.90 Å². The zero-order valence-electron chi connectivity index (χ0n) is 11.1. The van der Waals surface area contributed by atoms with Gasteiger partial charge in [0.15, 0.2) is 0 Å². The molecule has 0 radical (unpaired) electrons. The van der Waals surface area contributed by atoms with Gasteiger partial charge in [-0.25, -0.2) is 8.78 Å². The van der Waals surface area contributed by atoms with Crippen LogP contribution in [0.5, 0.6) is 0 Å². The average molecular weight is 272 g/mol. The largest absolute Gasteiger partial charge is 0.298 e. The van der Waals surface area contributed by atoms with Gasteiger partial charge in [-0.05, 0) is 24.7 Å². The molecule has 2 rings (SSSR count). The fourth-order valence-electron chi connectivity index (χ4n) is 2.05. The summed E-state index contributed by atoms with van der Waals surface area (Å²) in [5, 5.41) is 9.03. The van der Waals surface area contributed by atoms with E-state index in [4.69, 9.17) is 5.26 Å². The van der Waals surface area contributed by atoms with E-state index in [0.717, 1.165) is 11.6 Å². The quantitative estimate of drug-likeness (QED) is 0.852. The minimum Gasteiger partial charge on any atom is -0.298 e. The third-order valence-electron chi connectivity index (χ3n) is 3.03. The minimum atomic E-state index is -0.580. The highest BCUT2D eigenvalue weighted by Gasteiger charge is 2.09. The Morgan fingerprint density at radius 3 is 2.45 bits per heavy atom. The first-order valence-electron chi connectivity index (χ1n) is 6.20. The Morgan fingerprint density at radius 2 is 1.75 bits per heavy atom. The summed E-state index contributed by atoms with van der Waals surface area (Å²) in [5.41, 5.74) is 1.93. The maximum atomic E-state index is 13.6. The lowest BCUT2D eigenvalue weighted by molar-refractivity contribution is 0.313. The van der Waals surface area contributed by atoms with Crippen LogP contribution >= 0.6 is 0 Å². The summed E-state index contributed by atoms with van der Waals surface area (Å²) in [5.74, 6) is -1.13. The summed E-state index contributed by atoms with van der Waals surface area (Å²) < 4.78 is 26.4. The van der Waals surface area contributed by atoms with E-state index in [1.165, 1.54) is 12.1 Å². The molecule has 0 N–H and O–H groups in total. The number of nitrogens with zero attached hydrogens (tertiary/aromatic N) is 2. The van der Waals surface area contributed by atoms with E-state index in [0.29, 0.717) is 24.2 Å². The minimum absolute atomic E-state index is 0.353. The van der Waals surface area contributed by atoms with Gasteiger partial charge in [0, 0.05) is 24.7 Å². The summed E-state index contributed by atoms with van der Waals surface area (Å²) >= 11 is 0. The second-order valence-corrected chi connectivity index (χ2v) is 4.68. The van der Waals surface area contributed by atoms with Crippen molar-refractivity contribution in [1.29, 1.82) is 5.26 Å². The van der Waals surface area contributed by atoms with Crippen LogP contribution in [0.2, 0.25) is 0 Å². The molecule has 0 fully saturated rings. The van der Waals surface area contributed by atoms with Gasteiger partial charge in [-0.15, -0.1) is 0 Å². The molecule has 0 aliphatic carbocycles. The topological polar surface area (TPSA) is 27.0 Å². The Kier molecular flexibility index (Phi) is 4.44. The van der Waals surface area contributed by atoms with Crippen LogP contribution in [0.3, 0.4) is 0 Å². The number of hydrogen-bond acceptors (Lipinski definition) is 2. The van der Waals surface area contributed by atoms with E-state index < -0.39 is 11.6 Å². The number of benzene rings is 2. The third kappa shape index (κ3) is 3.40. The molecule has 0 heterocycles. The number of hydrogen-bond donors (Lipinski definition) is 0. The number of halogens is 2. The molecule has 0 saturated heterocycles. The Bertz CT molecular complexity index is 647. The summed E-state index contributed by atoms with van der Waals surface area (Å²) in [6.45, 7) is 0.881. The van der Waals surface area contributed by atoms with Crippen molar-refractivity contribution in [2.45, 2.75) is 13.1 Å². The van der Waals surface area contributed by atoms with Crippen LogP contribution in [-0.4, -0.2) is 11.9 Å². The van der Waals surface area contributed by atoms with Gasteiger partial charge < -0.3 is 0 Å². The van der Waals surface area contributed by atoms with Crippen molar-refractivity contribution in [3.05, 3.63) is 70.8 Å². The zero-order valence-corrected chi connectivity index (χ0v) is 11.1. The third-order valence-corrected chi connectivity index (χ3v) is 3.03. The second-order valence-electron chi connectivity index (χ2n) is 4.68. The van der Waals surface area contributed by atoms with Crippen molar-refractivity contribution in [3.63, 3.8) is 0 Å². The van der Waals surface area contributed by atoms with E-state index >= 15 is 0 Å². The SMILES string of the molecule is CN(Cc1ccc(F)cc1F)Cc1ccccc1C#N. The smallest absolute Gasteiger partial charge is 0.130 e. The maximum Gasteiger partial charge on any atom is 0.130 e. The van der Waals surface area contributed by atoms with Crippen LogP contribution in [0.1, 0.15) is 16.7 Å². The Morgan fingerprint density at radius 1 is 1.05 bits per heavy atom. The Labute approximate surface area is 116 Å². The van der Waals surface area contributed by atoms with E-state index in [-0.39, 0.29) is 0 Å². The van der Waals surface area contributed by atoms with E-state index in [9.17, 15) is 8.78 Å². The first-order chi connectivity index (χ1) is 9.60. The summed E-state index contributed by atoms with van der Waals surface area (Å²) in [7, 11) is 1.83. The predicted molar refractivity (Wildman–Crippen MR) is 72.7 cm³/mol. The molecule has 0 bridgehead atoms. The van der Waals surface area contributed by atoms with Crippen molar-refractivity contribution in [3.8, 4) is 6.07 Å². The molecule has 0 atom stereocenters. The molecule has 0 aromatic heterocycles. The van der Waals surface area contributed by atoms with Gasteiger partial charge in [0.05, 0.1) is 11.6 Å². The lowest BCUT2D eigenvalue weighted by Gasteiger charge is -2.18. The lowest BCUT2D eigenvalue weighted by atomic mass is 10.1. The monoisotopic (exact) mass is 272 g/mol. The molecule has 0 aliphatic heterocycles. The first kappa shape index (κ1) is 14.2. The Balaban J connectivity index is 2.09. The van der Waals surface area contributed by atoms with Crippen molar-refractivity contribution in [2.75, 3.05) is 7.05 Å². The lowest BCUT2D eigenvalue weighted by Crippen LogP contribution is -2.18. The van der Waals surface area contributed by atoms with E-state index in [1.54, 1.807) is 6.07 Å². The average Bonchev–Trinajstić information content (AvgIpc) is 2.42. The zero-order chi connectivity index (χ0) is 14.5. The molecule has 2 aromatic rings. The molecule has 0 unspecified atom stereocenters. The van der Waals surface area contributed by atoms with Crippen LogP contribution in [0.15, 0.2) is 42.5 Å². The van der Waals surface area contributed by atoms with Crippen LogP contribution < -0.4 is 0 Å². The molecule has 20 heavy (non-hydrogen) atoms. The summed E-state index contributed by atoms with van der Waals surface area (Å²) in [4.78, 5) is 1.88. The number of nitriles is 1. The van der Waals surface area contributed by atoms with Gasteiger partial charge in [-0.2, -0.15) is 5.26 Å². The molecule has 2 nitrogen and oxygen atoms in total. The molecular weight excluding hydrogens is 258 g/mol. The van der Waals surface area contributed by atoms with Crippen molar-refractivity contribution >= 4 is 0 Å². The number of rotatable bonds is 4. The van der Waals surface area contributed by atoms with Crippen LogP contribution in [0.4, 0.5) is 8.78 Å². The molecule has 102 valence electrons. The van der Waals surface area contributed by atoms with Gasteiger partial charge in [-0.1, -0.05) is 24.3 Å². The molecule has 0 saturated carbocycles. The highest BCUT2D eigenvalue weighted by atomic mass is 19.1. The molecule has 2 aromatic carbocycles. The summed E-state index contributed by atoms with van der Waals surface area (Å²) in [6.07, 6.45) is 0. The normalized spacial score (nSPS) is 10.6. The Hall–Kier alpha value is -2.25.